The van der Waals surface area contributed by atoms with Crippen LogP contribution >= 0.6 is 0 Å². The predicted molar refractivity (Wildman–Crippen MR) is 98.3 cm³/mol. The fourth-order valence-electron chi connectivity index (χ4n) is 3.65. The van der Waals surface area contributed by atoms with Crippen molar-refractivity contribution in [2.45, 2.75) is 13.1 Å². The molecule has 2 aromatic heterocycles. The van der Waals surface area contributed by atoms with Gasteiger partial charge in [0.05, 0.1) is 17.1 Å². The van der Waals surface area contributed by atoms with Gasteiger partial charge in [0.1, 0.15) is 0 Å². The van der Waals surface area contributed by atoms with E-state index in [9.17, 15) is 4.79 Å². The van der Waals surface area contributed by atoms with E-state index in [4.69, 9.17) is 0 Å². The highest BCUT2D eigenvalue weighted by atomic mass is 16.1. The van der Waals surface area contributed by atoms with Gasteiger partial charge >= 0.3 is 0 Å². The van der Waals surface area contributed by atoms with Gasteiger partial charge in [0.25, 0.3) is 5.56 Å². The number of nitrogens with zero attached hydrogens (tertiary/aromatic N) is 3. The zero-order valence-corrected chi connectivity index (χ0v) is 13.7. The zero-order chi connectivity index (χ0) is 17.0. The molecular formula is C20H16N4O. The summed E-state index contributed by atoms with van der Waals surface area (Å²) in [6.45, 7) is 1.96. The number of pyridine rings is 1. The van der Waals surface area contributed by atoms with E-state index in [1.54, 1.807) is 16.9 Å². The minimum absolute atomic E-state index is 0.0422. The summed E-state index contributed by atoms with van der Waals surface area (Å²) in [5, 5.41) is 5.84. The number of benzene rings is 2. The van der Waals surface area contributed by atoms with Crippen molar-refractivity contribution in [2.75, 3.05) is 5.32 Å². The van der Waals surface area contributed by atoms with E-state index in [2.05, 4.69) is 34.6 Å². The number of hydrogen-bond donors (Lipinski definition) is 1. The molecule has 0 saturated heterocycles. The monoisotopic (exact) mass is 328 g/mol. The molecule has 0 fully saturated rings. The van der Waals surface area contributed by atoms with Crippen molar-refractivity contribution in [3.63, 3.8) is 0 Å². The van der Waals surface area contributed by atoms with E-state index >= 15 is 0 Å². The lowest BCUT2D eigenvalue weighted by Gasteiger charge is -2.32. The molecular weight excluding hydrogens is 312 g/mol. The molecule has 0 bridgehead atoms. The van der Waals surface area contributed by atoms with Gasteiger partial charge in [-0.05, 0) is 30.5 Å². The number of nitrogens with one attached hydrogen (secondary N) is 1. The fraction of sp³-hybridized carbons (Fsp3) is 0.100. The summed E-state index contributed by atoms with van der Waals surface area (Å²) < 4.78 is 3.72. The van der Waals surface area contributed by atoms with Crippen LogP contribution in [0.2, 0.25) is 0 Å². The van der Waals surface area contributed by atoms with Crippen LogP contribution in [-0.4, -0.2) is 14.3 Å². The summed E-state index contributed by atoms with van der Waals surface area (Å²) >= 11 is 0. The van der Waals surface area contributed by atoms with Gasteiger partial charge in [-0.25, -0.2) is 4.68 Å². The molecule has 25 heavy (non-hydrogen) atoms. The molecule has 2 aromatic carbocycles. The number of aromatic nitrogens is 3. The van der Waals surface area contributed by atoms with Gasteiger partial charge in [-0.2, -0.15) is 0 Å². The first-order valence-corrected chi connectivity index (χ1v) is 8.25. The third-order valence-electron chi connectivity index (χ3n) is 4.74. The number of anilines is 1. The Bertz CT molecular complexity index is 1160. The van der Waals surface area contributed by atoms with Crippen molar-refractivity contribution in [1.29, 1.82) is 0 Å². The second-order valence-corrected chi connectivity index (χ2v) is 6.26. The first kappa shape index (κ1) is 14.0. The predicted octanol–water partition coefficient (Wildman–Crippen LogP) is 3.47. The second kappa shape index (κ2) is 5.08. The maximum absolute atomic E-state index is 12.6. The van der Waals surface area contributed by atoms with Crippen molar-refractivity contribution in [3.8, 4) is 5.69 Å². The van der Waals surface area contributed by atoms with Crippen molar-refractivity contribution in [1.82, 2.24) is 14.3 Å². The van der Waals surface area contributed by atoms with Gasteiger partial charge in [-0.15, -0.1) is 0 Å². The third kappa shape index (κ3) is 1.96. The van der Waals surface area contributed by atoms with Gasteiger partial charge in [-0.1, -0.05) is 36.4 Å². The highest BCUT2D eigenvalue weighted by Gasteiger charge is 2.29. The minimum Gasteiger partial charge on any atom is -0.356 e. The number of fused-ring (bicyclic) bond motifs is 5. The Labute approximate surface area is 144 Å². The Morgan fingerprint density at radius 2 is 1.88 bits per heavy atom. The van der Waals surface area contributed by atoms with Crippen molar-refractivity contribution in [2.24, 2.45) is 0 Å². The van der Waals surface area contributed by atoms with Gasteiger partial charge in [0, 0.05) is 23.3 Å². The molecule has 5 heteroatoms. The first-order valence-electron chi connectivity index (χ1n) is 8.25. The Morgan fingerprint density at radius 1 is 1.04 bits per heavy atom. The standard InChI is InChI=1S/C20H16N4O/c1-13-12-18(25)24-20(16-8-4-5-11-21-16)22-19-15-7-3-2-6-14(15)9-10-17(19)23(13)24/h2-12,20,22H,1H3. The highest BCUT2D eigenvalue weighted by Crippen LogP contribution is 2.37. The number of aryl methyl sites for hydroxylation is 1. The zero-order valence-electron chi connectivity index (χ0n) is 13.7. The smallest absolute Gasteiger partial charge is 0.269 e. The van der Waals surface area contributed by atoms with Crippen LogP contribution in [0, 0.1) is 6.92 Å². The maximum atomic E-state index is 12.6. The number of rotatable bonds is 1. The Morgan fingerprint density at radius 3 is 2.72 bits per heavy atom. The molecule has 122 valence electrons. The van der Waals surface area contributed by atoms with Crippen LogP contribution in [0.1, 0.15) is 17.6 Å². The van der Waals surface area contributed by atoms with Crippen molar-refractivity contribution < 1.29 is 0 Å². The van der Waals surface area contributed by atoms with Crippen molar-refractivity contribution in [3.05, 3.63) is 88.6 Å². The average molecular weight is 328 g/mol. The SMILES string of the molecule is Cc1cc(=O)n2n1-c1ccc3ccccc3c1NC2c1ccccn1. The van der Waals surface area contributed by atoms with Gasteiger partial charge in [-0.3, -0.25) is 14.5 Å². The van der Waals surface area contributed by atoms with E-state index in [1.165, 1.54) is 0 Å². The lowest BCUT2D eigenvalue weighted by atomic mass is 10.1. The lowest BCUT2D eigenvalue weighted by Crippen LogP contribution is -2.37. The molecule has 0 saturated carbocycles. The molecule has 1 N–H and O–H groups in total. The Balaban J connectivity index is 1.86. The molecule has 1 aliphatic heterocycles. The van der Waals surface area contributed by atoms with E-state index in [0.717, 1.165) is 33.5 Å². The van der Waals surface area contributed by atoms with Crippen LogP contribution < -0.4 is 10.9 Å². The molecule has 1 unspecified atom stereocenters. The summed E-state index contributed by atoms with van der Waals surface area (Å²) in [7, 11) is 0. The Hall–Kier alpha value is -3.34. The van der Waals surface area contributed by atoms with Gasteiger partial charge < -0.3 is 5.32 Å². The normalized spacial score (nSPS) is 15.5. The fourth-order valence-corrected chi connectivity index (χ4v) is 3.65. The summed E-state index contributed by atoms with van der Waals surface area (Å²) in [5.74, 6) is 0. The summed E-state index contributed by atoms with van der Waals surface area (Å²) in [5.41, 5.74) is 3.67. The molecule has 0 amide bonds. The van der Waals surface area contributed by atoms with Crippen LogP contribution in [-0.2, 0) is 0 Å². The molecule has 1 atom stereocenters. The minimum atomic E-state index is -0.347. The highest BCUT2D eigenvalue weighted by molar-refractivity contribution is 5.98. The molecule has 4 aromatic rings. The molecule has 5 nitrogen and oxygen atoms in total. The molecule has 5 rings (SSSR count). The summed E-state index contributed by atoms with van der Waals surface area (Å²) in [6, 6.07) is 19.8. The molecule has 1 aliphatic rings. The van der Waals surface area contributed by atoms with Crippen LogP contribution in [0.25, 0.3) is 16.5 Å². The topological polar surface area (TPSA) is 51.9 Å². The second-order valence-electron chi connectivity index (χ2n) is 6.26. The van der Waals surface area contributed by atoms with Gasteiger partial charge in [0.2, 0.25) is 0 Å². The van der Waals surface area contributed by atoms with Crippen LogP contribution in [0.15, 0.2) is 71.7 Å². The lowest BCUT2D eigenvalue weighted by molar-refractivity contribution is 0.476. The molecule has 0 aliphatic carbocycles. The van der Waals surface area contributed by atoms with Crippen LogP contribution in [0.5, 0.6) is 0 Å². The largest absolute Gasteiger partial charge is 0.356 e. The Kier molecular flexibility index (Phi) is 2.85. The average Bonchev–Trinajstić information content (AvgIpc) is 2.96. The van der Waals surface area contributed by atoms with E-state index in [-0.39, 0.29) is 11.7 Å². The summed E-state index contributed by atoms with van der Waals surface area (Å²) in [6.07, 6.45) is 1.40. The summed E-state index contributed by atoms with van der Waals surface area (Å²) in [4.78, 5) is 17.1. The molecule has 3 heterocycles. The molecule has 0 radical (unpaired) electrons. The quantitative estimate of drug-likeness (QED) is 0.582. The van der Waals surface area contributed by atoms with E-state index in [0.29, 0.717) is 0 Å². The molecule has 0 spiro atoms. The maximum Gasteiger partial charge on any atom is 0.269 e. The third-order valence-corrected chi connectivity index (χ3v) is 4.74. The first-order chi connectivity index (χ1) is 12.2. The van der Waals surface area contributed by atoms with Gasteiger partial charge in [0.15, 0.2) is 6.17 Å². The van der Waals surface area contributed by atoms with E-state index in [1.807, 2.05) is 41.9 Å². The van der Waals surface area contributed by atoms with Crippen LogP contribution in [0.4, 0.5) is 5.69 Å². The van der Waals surface area contributed by atoms with Crippen molar-refractivity contribution >= 4 is 16.5 Å². The van der Waals surface area contributed by atoms with Crippen LogP contribution in [0.3, 0.4) is 0 Å². The number of hydrogen-bond acceptors (Lipinski definition) is 3. The van der Waals surface area contributed by atoms with E-state index < -0.39 is 0 Å².